The first-order valence-electron chi connectivity index (χ1n) is 11.7. The molecule has 0 radical (unpaired) electrons. The van der Waals surface area contributed by atoms with E-state index in [4.69, 9.17) is 16.3 Å². The maximum atomic E-state index is 12.3. The number of benzene rings is 2. The van der Waals surface area contributed by atoms with Crippen LogP contribution in [0.15, 0.2) is 47.6 Å². The van der Waals surface area contributed by atoms with Gasteiger partial charge in [-0.05, 0) is 67.3 Å². The number of nitrogens with zero attached hydrogens (tertiary/aromatic N) is 2. The van der Waals surface area contributed by atoms with Crippen LogP contribution < -0.4 is 19.8 Å². The molecule has 11 heteroatoms. The molecule has 0 atom stereocenters. The SMILES string of the molecule is Cc1ccc(N(CC(=O)N/N=C\c2ccc(OCC(=O)NC3CCCCC3)cc2)S(C)(=O)=O)cc1Cl. The second kappa shape index (κ2) is 12.7. The number of sulfonamides is 1. The Hall–Kier alpha value is -3.11. The molecular formula is C25H31ClN4O5S. The Balaban J connectivity index is 1.48. The number of rotatable bonds is 10. The maximum Gasteiger partial charge on any atom is 0.260 e. The van der Waals surface area contributed by atoms with E-state index in [1.807, 2.05) is 0 Å². The topological polar surface area (TPSA) is 117 Å². The zero-order valence-electron chi connectivity index (χ0n) is 20.4. The van der Waals surface area contributed by atoms with Crippen molar-refractivity contribution in [1.82, 2.24) is 10.7 Å². The third-order valence-electron chi connectivity index (χ3n) is 5.75. The average molecular weight is 535 g/mol. The van der Waals surface area contributed by atoms with Gasteiger partial charge < -0.3 is 10.1 Å². The van der Waals surface area contributed by atoms with E-state index in [0.29, 0.717) is 16.3 Å². The van der Waals surface area contributed by atoms with Gasteiger partial charge in [-0.1, -0.05) is 36.9 Å². The van der Waals surface area contributed by atoms with Gasteiger partial charge in [0.05, 0.1) is 18.2 Å². The van der Waals surface area contributed by atoms with E-state index in [-0.39, 0.29) is 24.2 Å². The molecule has 36 heavy (non-hydrogen) atoms. The molecule has 0 spiro atoms. The van der Waals surface area contributed by atoms with Crippen LogP contribution in [0.1, 0.15) is 43.2 Å². The largest absolute Gasteiger partial charge is 0.484 e. The van der Waals surface area contributed by atoms with Gasteiger partial charge >= 0.3 is 0 Å². The van der Waals surface area contributed by atoms with E-state index in [2.05, 4.69) is 15.8 Å². The van der Waals surface area contributed by atoms with Gasteiger partial charge in [0.2, 0.25) is 10.0 Å². The summed E-state index contributed by atoms with van der Waals surface area (Å²) in [7, 11) is -3.73. The summed E-state index contributed by atoms with van der Waals surface area (Å²) >= 11 is 6.11. The second-order valence-corrected chi connectivity index (χ2v) is 11.1. The molecule has 2 N–H and O–H groups in total. The molecule has 0 unspecified atom stereocenters. The van der Waals surface area contributed by atoms with E-state index >= 15 is 0 Å². The molecule has 0 saturated heterocycles. The van der Waals surface area contributed by atoms with E-state index in [0.717, 1.165) is 41.8 Å². The molecule has 194 valence electrons. The van der Waals surface area contributed by atoms with Crippen molar-refractivity contribution in [3.8, 4) is 5.75 Å². The zero-order chi connectivity index (χ0) is 26.1. The van der Waals surface area contributed by atoms with Gasteiger partial charge in [0, 0.05) is 11.1 Å². The van der Waals surface area contributed by atoms with Crippen molar-refractivity contribution in [3.63, 3.8) is 0 Å². The van der Waals surface area contributed by atoms with Crippen LogP contribution in [-0.2, 0) is 19.6 Å². The molecule has 9 nitrogen and oxygen atoms in total. The first-order chi connectivity index (χ1) is 17.1. The number of amides is 2. The molecule has 0 heterocycles. The lowest BCUT2D eigenvalue weighted by Crippen LogP contribution is -2.39. The average Bonchev–Trinajstić information content (AvgIpc) is 2.84. The van der Waals surface area contributed by atoms with Crippen molar-refractivity contribution in [3.05, 3.63) is 58.6 Å². The number of carbonyl (C=O) groups excluding carboxylic acids is 2. The fourth-order valence-corrected chi connectivity index (χ4v) is 4.82. The minimum absolute atomic E-state index is 0.0526. The first-order valence-corrected chi connectivity index (χ1v) is 13.9. The maximum absolute atomic E-state index is 12.3. The summed E-state index contributed by atoms with van der Waals surface area (Å²) in [4.78, 5) is 24.4. The second-order valence-electron chi connectivity index (χ2n) is 8.76. The fourth-order valence-electron chi connectivity index (χ4n) is 3.80. The van der Waals surface area contributed by atoms with E-state index in [1.165, 1.54) is 18.7 Å². The molecule has 0 aromatic heterocycles. The van der Waals surface area contributed by atoms with Crippen LogP contribution in [0.3, 0.4) is 0 Å². The summed E-state index contributed by atoms with van der Waals surface area (Å²) in [6, 6.07) is 11.8. The van der Waals surface area contributed by atoms with Gasteiger partial charge in [0.1, 0.15) is 12.3 Å². The molecule has 0 bridgehead atoms. The number of hydrogen-bond donors (Lipinski definition) is 2. The third kappa shape index (κ3) is 8.53. The van der Waals surface area contributed by atoms with Crippen LogP contribution in [0.5, 0.6) is 5.75 Å². The summed E-state index contributed by atoms with van der Waals surface area (Å²) in [6.07, 6.45) is 7.99. The van der Waals surface area contributed by atoms with Crippen molar-refractivity contribution in [1.29, 1.82) is 0 Å². The number of hydrazone groups is 1. The molecule has 2 aromatic carbocycles. The van der Waals surface area contributed by atoms with Crippen molar-refractivity contribution in [2.24, 2.45) is 5.10 Å². The van der Waals surface area contributed by atoms with Gasteiger partial charge in [-0.15, -0.1) is 0 Å². The van der Waals surface area contributed by atoms with Crippen molar-refractivity contribution < 1.29 is 22.7 Å². The normalized spacial score (nSPS) is 14.4. The number of hydrogen-bond acceptors (Lipinski definition) is 6. The van der Waals surface area contributed by atoms with Crippen molar-refractivity contribution >= 4 is 45.3 Å². The highest BCUT2D eigenvalue weighted by Gasteiger charge is 2.21. The molecule has 2 aromatic rings. The predicted molar refractivity (Wildman–Crippen MR) is 141 cm³/mol. The van der Waals surface area contributed by atoms with E-state index in [1.54, 1.807) is 43.3 Å². The van der Waals surface area contributed by atoms with E-state index < -0.39 is 22.5 Å². The quantitative estimate of drug-likeness (QED) is 0.358. The summed E-state index contributed by atoms with van der Waals surface area (Å²) < 4.78 is 30.9. The molecule has 0 aliphatic heterocycles. The fraction of sp³-hybridized carbons (Fsp3) is 0.400. The predicted octanol–water partition coefficient (Wildman–Crippen LogP) is 3.39. The Morgan fingerprint density at radius 2 is 1.81 bits per heavy atom. The summed E-state index contributed by atoms with van der Waals surface area (Å²) in [5.74, 6) is -0.209. The van der Waals surface area contributed by atoms with Gasteiger partial charge in [0.15, 0.2) is 6.61 Å². The van der Waals surface area contributed by atoms with Gasteiger partial charge in [-0.25, -0.2) is 13.8 Å². The number of nitrogens with one attached hydrogen (secondary N) is 2. The minimum Gasteiger partial charge on any atom is -0.484 e. The number of ether oxygens (including phenoxy) is 1. The van der Waals surface area contributed by atoms with Crippen LogP contribution in [0, 0.1) is 6.92 Å². The van der Waals surface area contributed by atoms with Gasteiger partial charge in [0.25, 0.3) is 11.8 Å². The molecule has 1 aliphatic carbocycles. The lowest BCUT2D eigenvalue weighted by molar-refractivity contribution is -0.124. The van der Waals surface area contributed by atoms with Gasteiger partial charge in [-0.2, -0.15) is 5.10 Å². The van der Waals surface area contributed by atoms with Crippen LogP contribution in [0.25, 0.3) is 0 Å². The highest BCUT2D eigenvalue weighted by Crippen LogP contribution is 2.24. The highest BCUT2D eigenvalue weighted by atomic mass is 35.5. The van der Waals surface area contributed by atoms with Crippen LogP contribution in [0.2, 0.25) is 5.02 Å². The summed E-state index contributed by atoms with van der Waals surface area (Å²) in [6.45, 7) is 1.29. The monoisotopic (exact) mass is 534 g/mol. The number of anilines is 1. The molecule has 2 amide bonds. The minimum atomic E-state index is -3.73. The van der Waals surface area contributed by atoms with Crippen LogP contribution >= 0.6 is 11.6 Å². The first kappa shape index (κ1) is 27.5. The smallest absolute Gasteiger partial charge is 0.260 e. The van der Waals surface area contributed by atoms with Gasteiger partial charge in [-0.3, -0.25) is 13.9 Å². The zero-order valence-corrected chi connectivity index (χ0v) is 21.9. The highest BCUT2D eigenvalue weighted by molar-refractivity contribution is 7.92. The number of aryl methyl sites for hydroxylation is 1. The summed E-state index contributed by atoms with van der Waals surface area (Å²) in [5, 5.41) is 7.30. The number of carbonyl (C=O) groups is 2. The lowest BCUT2D eigenvalue weighted by Gasteiger charge is -2.22. The number of halogens is 1. The lowest BCUT2D eigenvalue weighted by atomic mass is 9.95. The third-order valence-corrected chi connectivity index (χ3v) is 7.30. The van der Waals surface area contributed by atoms with Crippen LogP contribution in [0.4, 0.5) is 5.69 Å². The van der Waals surface area contributed by atoms with Crippen molar-refractivity contribution in [2.75, 3.05) is 23.7 Å². The van der Waals surface area contributed by atoms with Crippen molar-refractivity contribution in [2.45, 2.75) is 45.1 Å². The Bertz CT molecular complexity index is 1200. The molecule has 1 fully saturated rings. The Labute approximate surface area is 216 Å². The molecule has 3 rings (SSSR count). The summed E-state index contributed by atoms with van der Waals surface area (Å²) in [5.41, 5.74) is 4.09. The van der Waals surface area contributed by atoms with Crippen LogP contribution in [-0.4, -0.2) is 51.9 Å². The Morgan fingerprint density at radius 3 is 2.44 bits per heavy atom. The standard InChI is InChI=1S/C25H31ClN4O5S/c1-18-8-11-21(14-23(18)26)30(36(2,33)34)16-24(31)29-27-15-19-9-12-22(13-10-19)35-17-25(32)28-20-6-4-3-5-7-20/h8-15,20H,3-7,16-17H2,1-2H3,(H,28,32)(H,29,31)/b27-15-. The Kier molecular flexibility index (Phi) is 9.72. The van der Waals surface area contributed by atoms with E-state index in [9.17, 15) is 18.0 Å². The molecular weight excluding hydrogens is 504 g/mol. The Morgan fingerprint density at radius 1 is 1.11 bits per heavy atom. The molecule has 1 aliphatic rings. The molecule has 1 saturated carbocycles.